The van der Waals surface area contributed by atoms with Crippen molar-refractivity contribution in [2.75, 3.05) is 13.1 Å². The van der Waals surface area contributed by atoms with E-state index in [-0.39, 0.29) is 5.56 Å². The maximum atomic E-state index is 13.5. The number of hydrogen-bond donors (Lipinski definition) is 1. The van der Waals surface area contributed by atoms with E-state index >= 15 is 0 Å². The molecule has 0 spiro atoms. The van der Waals surface area contributed by atoms with Gasteiger partial charge in [-0.05, 0) is 44.0 Å². The Morgan fingerprint density at radius 3 is 2.35 bits per heavy atom. The van der Waals surface area contributed by atoms with Gasteiger partial charge >= 0.3 is 0 Å². The van der Waals surface area contributed by atoms with E-state index in [9.17, 15) is 8.78 Å². The maximum absolute atomic E-state index is 13.5. The van der Waals surface area contributed by atoms with E-state index in [4.69, 9.17) is 0 Å². The van der Waals surface area contributed by atoms with Crippen LogP contribution < -0.4 is 5.32 Å². The van der Waals surface area contributed by atoms with Gasteiger partial charge in [0.05, 0.1) is 0 Å². The van der Waals surface area contributed by atoms with Crippen molar-refractivity contribution in [2.24, 2.45) is 5.92 Å². The first kappa shape index (κ1) is 14.1. The van der Waals surface area contributed by atoms with Crippen molar-refractivity contribution < 1.29 is 8.78 Å². The van der Waals surface area contributed by atoms with Crippen LogP contribution in [0.1, 0.15) is 32.3 Å². The minimum atomic E-state index is -0.428. The summed E-state index contributed by atoms with van der Waals surface area (Å²) >= 11 is 0. The Labute approximate surface area is 102 Å². The monoisotopic (exact) mass is 241 g/mol. The van der Waals surface area contributed by atoms with Crippen molar-refractivity contribution in [1.82, 2.24) is 5.32 Å². The summed E-state index contributed by atoms with van der Waals surface area (Å²) in [6.45, 7) is 5.83. The highest BCUT2D eigenvalue weighted by Gasteiger charge is 2.14. The van der Waals surface area contributed by atoms with Gasteiger partial charge < -0.3 is 5.32 Å². The van der Waals surface area contributed by atoms with Gasteiger partial charge in [-0.3, -0.25) is 0 Å². The Morgan fingerprint density at radius 2 is 1.82 bits per heavy atom. The number of halogens is 2. The largest absolute Gasteiger partial charge is 0.317 e. The lowest BCUT2D eigenvalue weighted by atomic mass is 9.94. The molecule has 0 aliphatic heterocycles. The molecule has 1 aromatic rings. The Bertz CT molecular complexity index is 319. The highest BCUT2D eigenvalue weighted by Crippen LogP contribution is 2.19. The molecule has 0 aromatic heterocycles. The molecule has 0 bridgehead atoms. The van der Waals surface area contributed by atoms with E-state index < -0.39 is 11.6 Å². The normalized spacial score (nSPS) is 12.7. The van der Waals surface area contributed by atoms with Crippen LogP contribution in [0.2, 0.25) is 0 Å². The summed E-state index contributed by atoms with van der Waals surface area (Å²) in [5.41, 5.74) is 0.226. The number of hydrogen-bond acceptors (Lipinski definition) is 1. The zero-order chi connectivity index (χ0) is 12.7. The van der Waals surface area contributed by atoms with Crippen LogP contribution >= 0.6 is 0 Å². The molecule has 0 fully saturated rings. The third kappa shape index (κ3) is 4.43. The predicted octanol–water partition coefficient (Wildman–Crippen LogP) is 3.53. The molecule has 0 saturated carbocycles. The fourth-order valence-corrected chi connectivity index (χ4v) is 2.05. The molecule has 1 nitrogen and oxygen atoms in total. The van der Waals surface area contributed by atoms with E-state index in [0.29, 0.717) is 12.3 Å². The third-order valence-corrected chi connectivity index (χ3v) is 2.93. The third-order valence-electron chi connectivity index (χ3n) is 2.93. The number of rotatable bonds is 7. The van der Waals surface area contributed by atoms with Crippen LogP contribution in [0.4, 0.5) is 8.78 Å². The molecule has 1 N–H and O–H groups in total. The van der Waals surface area contributed by atoms with Crippen LogP contribution in [0.3, 0.4) is 0 Å². The predicted molar refractivity (Wildman–Crippen MR) is 67.0 cm³/mol. The second kappa shape index (κ2) is 7.38. The number of benzene rings is 1. The fraction of sp³-hybridized carbons (Fsp3) is 0.571. The molecule has 1 rings (SSSR count). The first-order chi connectivity index (χ1) is 8.19. The Balaban J connectivity index is 2.70. The molecule has 0 radical (unpaired) electrons. The van der Waals surface area contributed by atoms with E-state index in [1.54, 1.807) is 0 Å². The van der Waals surface area contributed by atoms with Crippen LogP contribution in [0, 0.1) is 17.6 Å². The van der Waals surface area contributed by atoms with Crippen LogP contribution in [0.15, 0.2) is 18.2 Å². The van der Waals surface area contributed by atoms with Gasteiger partial charge in [0.15, 0.2) is 0 Å². The van der Waals surface area contributed by atoms with Gasteiger partial charge in [0.1, 0.15) is 11.6 Å². The Hall–Kier alpha value is -0.960. The maximum Gasteiger partial charge on any atom is 0.129 e. The summed E-state index contributed by atoms with van der Waals surface area (Å²) in [5.74, 6) is -0.559. The van der Waals surface area contributed by atoms with E-state index in [2.05, 4.69) is 12.2 Å². The van der Waals surface area contributed by atoms with Crippen molar-refractivity contribution in [2.45, 2.75) is 33.1 Å². The standard InChI is InChI=1S/C14H21F2N/c1-3-6-11(10-17-4-2)9-12-13(15)7-5-8-14(12)16/h5,7-8,11,17H,3-4,6,9-10H2,1-2H3. The molecule has 0 aliphatic rings. The molecule has 0 heterocycles. The lowest BCUT2D eigenvalue weighted by Crippen LogP contribution is -2.24. The van der Waals surface area contributed by atoms with E-state index in [1.807, 2.05) is 6.92 Å². The molecule has 0 saturated heterocycles. The molecule has 17 heavy (non-hydrogen) atoms. The highest BCUT2D eigenvalue weighted by molar-refractivity contribution is 5.20. The fourth-order valence-electron chi connectivity index (χ4n) is 2.05. The van der Waals surface area contributed by atoms with Crippen molar-refractivity contribution in [3.8, 4) is 0 Å². The van der Waals surface area contributed by atoms with Crippen LogP contribution in [-0.2, 0) is 6.42 Å². The SMILES string of the molecule is CCCC(CNCC)Cc1c(F)cccc1F. The second-order valence-corrected chi connectivity index (χ2v) is 4.37. The first-order valence-corrected chi connectivity index (χ1v) is 6.32. The molecule has 1 atom stereocenters. The minimum Gasteiger partial charge on any atom is -0.317 e. The van der Waals surface area contributed by atoms with Crippen LogP contribution in [0.25, 0.3) is 0 Å². The second-order valence-electron chi connectivity index (χ2n) is 4.37. The number of nitrogens with one attached hydrogen (secondary N) is 1. The summed E-state index contributed by atoms with van der Waals surface area (Å²) in [4.78, 5) is 0. The van der Waals surface area contributed by atoms with E-state index in [1.165, 1.54) is 18.2 Å². The van der Waals surface area contributed by atoms with Gasteiger partial charge in [-0.15, -0.1) is 0 Å². The molecule has 96 valence electrons. The topological polar surface area (TPSA) is 12.0 Å². The van der Waals surface area contributed by atoms with Gasteiger partial charge in [0.25, 0.3) is 0 Å². The molecular weight excluding hydrogens is 220 g/mol. The lowest BCUT2D eigenvalue weighted by Gasteiger charge is -2.17. The van der Waals surface area contributed by atoms with Crippen LogP contribution in [-0.4, -0.2) is 13.1 Å². The Kier molecular flexibility index (Phi) is 6.12. The molecular formula is C14H21F2N. The summed E-state index contributed by atoms with van der Waals surface area (Å²) in [5, 5.41) is 3.25. The highest BCUT2D eigenvalue weighted by atomic mass is 19.1. The van der Waals surface area contributed by atoms with E-state index in [0.717, 1.165) is 25.9 Å². The van der Waals surface area contributed by atoms with Gasteiger partial charge in [-0.2, -0.15) is 0 Å². The van der Waals surface area contributed by atoms with Crippen molar-refractivity contribution in [1.29, 1.82) is 0 Å². The van der Waals surface area contributed by atoms with Crippen molar-refractivity contribution in [3.05, 3.63) is 35.4 Å². The molecule has 0 amide bonds. The van der Waals surface area contributed by atoms with Gasteiger partial charge in [-0.25, -0.2) is 8.78 Å². The summed E-state index contributed by atoms with van der Waals surface area (Å²) in [6, 6.07) is 4.07. The van der Waals surface area contributed by atoms with Gasteiger partial charge in [-0.1, -0.05) is 26.3 Å². The van der Waals surface area contributed by atoms with Gasteiger partial charge in [0, 0.05) is 5.56 Å². The smallest absolute Gasteiger partial charge is 0.129 e. The summed E-state index contributed by atoms with van der Waals surface area (Å²) < 4.78 is 27.0. The summed E-state index contributed by atoms with van der Waals surface area (Å²) in [6.07, 6.45) is 2.49. The van der Waals surface area contributed by atoms with Crippen molar-refractivity contribution >= 4 is 0 Å². The molecule has 1 aromatic carbocycles. The molecule has 3 heteroatoms. The van der Waals surface area contributed by atoms with Crippen molar-refractivity contribution in [3.63, 3.8) is 0 Å². The zero-order valence-corrected chi connectivity index (χ0v) is 10.6. The quantitative estimate of drug-likeness (QED) is 0.770. The molecule has 0 aliphatic carbocycles. The average Bonchev–Trinajstić information content (AvgIpc) is 2.31. The first-order valence-electron chi connectivity index (χ1n) is 6.32. The van der Waals surface area contributed by atoms with Gasteiger partial charge in [0.2, 0.25) is 0 Å². The average molecular weight is 241 g/mol. The summed E-state index contributed by atoms with van der Waals surface area (Å²) in [7, 11) is 0. The lowest BCUT2D eigenvalue weighted by molar-refractivity contribution is 0.425. The minimum absolute atomic E-state index is 0.226. The molecule has 1 unspecified atom stereocenters. The Morgan fingerprint density at radius 1 is 1.18 bits per heavy atom. The van der Waals surface area contributed by atoms with Crippen LogP contribution in [0.5, 0.6) is 0 Å². The zero-order valence-electron chi connectivity index (χ0n) is 10.6.